The molecule has 2 unspecified atom stereocenters. The molecule has 0 radical (unpaired) electrons. The van der Waals surface area contributed by atoms with Gasteiger partial charge in [-0.25, -0.2) is 0 Å². The lowest BCUT2D eigenvalue weighted by molar-refractivity contribution is -0.121. The predicted molar refractivity (Wildman–Crippen MR) is 139 cm³/mol. The number of amides is 1. The molecule has 3 aromatic rings. The Morgan fingerprint density at radius 3 is 2.59 bits per heavy atom. The van der Waals surface area contributed by atoms with E-state index in [0.29, 0.717) is 24.3 Å². The topological polar surface area (TPSA) is 66.0 Å². The average Bonchev–Trinajstić information content (AvgIpc) is 3.16. The molecule has 1 aliphatic rings. The van der Waals surface area contributed by atoms with Gasteiger partial charge in [0.25, 0.3) is 0 Å². The number of aryl methyl sites for hydroxylation is 1. The van der Waals surface area contributed by atoms with Gasteiger partial charge in [-0.15, -0.1) is 0 Å². The van der Waals surface area contributed by atoms with Gasteiger partial charge < -0.3 is 5.32 Å². The van der Waals surface area contributed by atoms with Gasteiger partial charge in [-0.2, -0.15) is 5.10 Å². The van der Waals surface area contributed by atoms with Crippen LogP contribution in [0.5, 0.6) is 0 Å². The number of nitrogens with one attached hydrogen (secondary N) is 2. The van der Waals surface area contributed by atoms with Crippen molar-refractivity contribution in [1.29, 1.82) is 0 Å². The molecule has 1 amide bonds. The third kappa shape index (κ3) is 6.21. The first-order chi connectivity index (χ1) is 16.4. The Balaban J connectivity index is 1.35. The second-order valence-electron chi connectivity index (χ2n) is 9.81. The van der Waals surface area contributed by atoms with Crippen molar-refractivity contribution in [3.05, 3.63) is 70.0 Å². The highest BCUT2D eigenvalue weighted by Gasteiger charge is 2.22. The van der Waals surface area contributed by atoms with Crippen LogP contribution < -0.4 is 5.32 Å². The Morgan fingerprint density at radius 1 is 1.12 bits per heavy atom. The Labute approximate surface area is 207 Å². The molecular weight excluding hydrogens is 442 g/mol. The molecule has 34 heavy (non-hydrogen) atoms. The molecule has 0 aliphatic carbocycles. The van der Waals surface area contributed by atoms with Gasteiger partial charge >= 0.3 is 0 Å². The number of H-pyrrole nitrogens is 1. The molecule has 1 aromatic heterocycles. The van der Waals surface area contributed by atoms with Crippen LogP contribution in [0, 0.1) is 23.5 Å². The molecule has 180 valence electrons. The van der Waals surface area contributed by atoms with E-state index in [1.807, 2.05) is 35.8 Å². The minimum absolute atomic E-state index is 0.00770. The minimum atomic E-state index is 0.00770. The summed E-state index contributed by atoms with van der Waals surface area (Å²) >= 11 is 5.42. The normalized spacial score (nSPS) is 18.7. The van der Waals surface area contributed by atoms with Gasteiger partial charge in [0.2, 0.25) is 5.91 Å². The average molecular weight is 478 g/mol. The maximum absolute atomic E-state index is 12.7. The molecular formula is C27H35N5OS. The van der Waals surface area contributed by atoms with Crippen LogP contribution in [0.2, 0.25) is 0 Å². The van der Waals surface area contributed by atoms with Crippen molar-refractivity contribution in [1.82, 2.24) is 25.0 Å². The molecule has 0 bridgehead atoms. The van der Waals surface area contributed by atoms with Crippen LogP contribution in [0.15, 0.2) is 48.5 Å². The van der Waals surface area contributed by atoms with Crippen LogP contribution in [0.3, 0.4) is 0 Å². The van der Waals surface area contributed by atoms with Crippen molar-refractivity contribution < 1.29 is 4.79 Å². The number of piperidine rings is 1. The number of nitrogens with zero attached hydrogens (tertiary/aromatic N) is 3. The van der Waals surface area contributed by atoms with Gasteiger partial charge in [0.05, 0.1) is 0 Å². The molecule has 2 N–H and O–H groups in total. The summed E-state index contributed by atoms with van der Waals surface area (Å²) < 4.78 is 2.43. The van der Waals surface area contributed by atoms with E-state index in [0.717, 1.165) is 48.4 Å². The van der Waals surface area contributed by atoms with Crippen LogP contribution in [0.4, 0.5) is 0 Å². The number of likely N-dealkylation sites (tertiary alicyclic amines) is 1. The lowest BCUT2D eigenvalue weighted by Crippen LogP contribution is -2.38. The Kier molecular flexibility index (Phi) is 7.95. The Hall–Kier alpha value is -2.77. The summed E-state index contributed by atoms with van der Waals surface area (Å²) in [6.45, 7) is 11.0. The SMILES string of the molecule is Cc1cccc(-c2n[nH]c(=S)n2CCC(=O)NCc2ccccc2CN2CC(C)CC(C)C2)c1. The van der Waals surface area contributed by atoms with Crippen LogP contribution in [-0.2, 0) is 24.4 Å². The molecule has 1 fully saturated rings. The highest BCUT2D eigenvalue weighted by Crippen LogP contribution is 2.23. The number of carbonyl (C=O) groups is 1. The second-order valence-corrected chi connectivity index (χ2v) is 10.2. The first kappa shape index (κ1) is 24.4. The maximum atomic E-state index is 12.7. The fraction of sp³-hybridized carbons (Fsp3) is 0.444. The number of benzene rings is 2. The smallest absolute Gasteiger partial charge is 0.222 e. The van der Waals surface area contributed by atoms with E-state index in [4.69, 9.17) is 12.2 Å². The van der Waals surface area contributed by atoms with Crippen molar-refractivity contribution in [2.45, 2.75) is 53.2 Å². The number of hydrogen-bond donors (Lipinski definition) is 2. The fourth-order valence-corrected chi connectivity index (χ4v) is 5.29. The van der Waals surface area contributed by atoms with Crippen molar-refractivity contribution in [3.63, 3.8) is 0 Å². The van der Waals surface area contributed by atoms with Crippen molar-refractivity contribution >= 4 is 18.1 Å². The van der Waals surface area contributed by atoms with Crippen molar-refractivity contribution in [2.24, 2.45) is 11.8 Å². The predicted octanol–water partition coefficient (Wildman–Crippen LogP) is 5.10. The van der Waals surface area contributed by atoms with E-state index in [-0.39, 0.29) is 5.91 Å². The number of aromatic amines is 1. The zero-order valence-electron chi connectivity index (χ0n) is 20.4. The third-order valence-electron chi connectivity index (χ3n) is 6.53. The number of hydrogen-bond acceptors (Lipinski definition) is 4. The highest BCUT2D eigenvalue weighted by atomic mass is 32.1. The summed E-state index contributed by atoms with van der Waals surface area (Å²) in [6.07, 6.45) is 1.65. The lowest BCUT2D eigenvalue weighted by Gasteiger charge is -2.35. The summed E-state index contributed by atoms with van der Waals surface area (Å²) in [4.78, 5) is 15.3. The van der Waals surface area contributed by atoms with Gasteiger partial charge in [0.15, 0.2) is 10.6 Å². The number of carbonyl (C=O) groups excluding carboxylic acids is 1. The molecule has 1 saturated heterocycles. The fourth-order valence-electron chi connectivity index (χ4n) is 5.07. The van der Waals surface area contributed by atoms with E-state index < -0.39 is 0 Å². The van der Waals surface area contributed by atoms with Gasteiger partial charge in [-0.1, -0.05) is 61.9 Å². The summed E-state index contributed by atoms with van der Waals surface area (Å²) in [5, 5.41) is 10.4. The van der Waals surface area contributed by atoms with Crippen molar-refractivity contribution in [3.8, 4) is 11.4 Å². The molecule has 2 atom stereocenters. The first-order valence-electron chi connectivity index (χ1n) is 12.2. The Morgan fingerprint density at radius 2 is 1.85 bits per heavy atom. The van der Waals surface area contributed by atoms with Crippen LogP contribution >= 0.6 is 12.2 Å². The van der Waals surface area contributed by atoms with Gasteiger partial charge in [0.1, 0.15) is 0 Å². The highest BCUT2D eigenvalue weighted by molar-refractivity contribution is 7.71. The first-order valence-corrected chi connectivity index (χ1v) is 12.6. The lowest BCUT2D eigenvalue weighted by atomic mass is 9.91. The van der Waals surface area contributed by atoms with Gasteiger partial charge in [-0.05, 0) is 54.6 Å². The van der Waals surface area contributed by atoms with E-state index in [1.165, 1.54) is 17.5 Å². The summed E-state index contributed by atoms with van der Waals surface area (Å²) in [6, 6.07) is 16.6. The zero-order chi connectivity index (χ0) is 24.1. The molecule has 4 rings (SSSR count). The van der Waals surface area contributed by atoms with Gasteiger partial charge in [0, 0.05) is 44.7 Å². The molecule has 0 saturated carbocycles. The summed E-state index contributed by atoms with van der Waals surface area (Å²) in [7, 11) is 0. The molecule has 0 spiro atoms. The third-order valence-corrected chi connectivity index (χ3v) is 6.84. The van der Waals surface area contributed by atoms with E-state index >= 15 is 0 Å². The number of aromatic nitrogens is 3. The molecule has 1 aliphatic heterocycles. The van der Waals surface area contributed by atoms with Crippen LogP contribution in [-0.4, -0.2) is 38.7 Å². The standard InChI is InChI=1S/C27H35N5OS/c1-19-7-6-10-22(14-19)26-29-30-27(34)32(26)12-11-25(33)28-15-23-8-4-5-9-24(23)18-31-16-20(2)13-21(3)17-31/h4-10,14,20-21H,11-13,15-18H2,1-3H3,(H,28,33)(H,30,34). The van der Waals surface area contributed by atoms with E-state index in [2.05, 4.69) is 58.5 Å². The number of rotatable bonds is 8. The Bertz CT molecular complexity index is 1170. The van der Waals surface area contributed by atoms with Crippen molar-refractivity contribution in [2.75, 3.05) is 13.1 Å². The quantitative estimate of drug-likeness (QED) is 0.443. The molecule has 6 nitrogen and oxygen atoms in total. The largest absolute Gasteiger partial charge is 0.352 e. The van der Waals surface area contributed by atoms with Crippen LogP contribution in [0.1, 0.15) is 43.4 Å². The zero-order valence-corrected chi connectivity index (χ0v) is 21.2. The van der Waals surface area contributed by atoms with E-state index in [1.54, 1.807) is 0 Å². The van der Waals surface area contributed by atoms with Gasteiger partial charge in [-0.3, -0.25) is 19.4 Å². The minimum Gasteiger partial charge on any atom is -0.352 e. The van der Waals surface area contributed by atoms with E-state index in [9.17, 15) is 4.79 Å². The summed E-state index contributed by atoms with van der Waals surface area (Å²) in [5.41, 5.74) is 4.62. The maximum Gasteiger partial charge on any atom is 0.222 e. The second kappa shape index (κ2) is 11.1. The molecule has 2 heterocycles. The van der Waals surface area contributed by atoms with Crippen LogP contribution in [0.25, 0.3) is 11.4 Å². The molecule has 2 aromatic carbocycles. The molecule has 7 heteroatoms. The summed E-state index contributed by atoms with van der Waals surface area (Å²) in [5.74, 6) is 2.23. The monoisotopic (exact) mass is 477 g/mol.